The van der Waals surface area contributed by atoms with Gasteiger partial charge in [-0.3, -0.25) is 4.90 Å². The molecule has 5 rings (SSSR count). The van der Waals surface area contributed by atoms with Gasteiger partial charge in [-0.05, 0) is 53.7 Å². The maximum atomic E-state index is 13.4. The van der Waals surface area contributed by atoms with Crippen molar-refractivity contribution in [2.24, 2.45) is 0 Å². The number of anilines is 1. The first-order valence-corrected chi connectivity index (χ1v) is 11.8. The number of allylic oxidation sites excluding steroid dienone is 2. The van der Waals surface area contributed by atoms with Gasteiger partial charge in [0.15, 0.2) is 6.61 Å². The third-order valence-electron chi connectivity index (χ3n) is 6.35. The molecular formula is C28H29NO6. The first-order chi connectivity index (χ1) is 16.7. The molecule has 35 heavy (non-hydrogen) atoms. The van der Waals surface area contributed by atoms with Gasteiger partial charge < -0.3 is 18.9 Å². The Morgan fingerprint density at radius 3 is 2.14 bits per heavy atom. The molecule has 0 N–H and O–H groups in total. The van der Waals surface area contributed by atoms with Crippen molar-refractivity contribution in [3.8, 4) is 5.75 Å². The number of carbonyl (C=O) groups is 2. The van der Waals surface area contributed by atoms with E-state index in [1.165, 1.54) is 0 Å². The molecule has 0 saturated heterocycles. The Bertz CT molecular complexity index is 1300. The molecule has 2 aromatic carbocycles. The van der Waals surface area contributed by atoms with Crippen molar-refractivity contribution in [2.45, 2.75) is 59.5 Å². The van der Waals surface area contributed by atoms with E-state index in [2.05, 4.69) is 0 Å². The maximum absolute atomic E-state index is 13.4. The predicted octanol–water partition coefficient (Wildman–Crippen LogP) is 5.15. The van der Waals surface area contributed by atoms with Crippen LogP contribution in [0.3, 0.4) is 0 Å². The Balaban J connectivity index is 1.82. The summed E-state index contributed by atoms with van der Waals surface area (Å²) < 4.78 is 24.1. The Morgan fingerprint density at radius 1 is 0.886 bits per heavy atom. The molecule has 0 bridgehead atoms. The molecule has 182 valence electrons. The molecule has 0 radical (unpaired) electrons. The van der Waals surface area contributed by atoms with Gasteiger partial charge in [-0.15, -0.1) is 0 Å². The average Bonchev–Trinajstić information content (AvgIpc) is 2.77. The van der Waals surface area contributed by atoms with E-state index in [4.69, 9.17) is 18.9 Å². The fourth-order valence-electron chi connectivity index (χ4n) is 5.21. The summed E-state index contributed by atoms with van der Waals surface area (Å²) in [4.78, 5) is 28.6. The highest BCUT2D eigenvalue weighted by Gasteiger charge is 2.56. The molecule has 2 aromatic rings. The summed E-state index contributed by atoms with van der Waals surface area (Å²) >= 11 is 0. The maximum Gasteiger partial charge on any atom is 0.342 e. The normalized spacial score (nSPS) is 20.1. The Hall–Kier alpha value is -3.74. The minimum atomic E-state index is -1.10. The minimum Gasteiger partial charge on any atom is -0.485 e. The number of hydrogen-bond acceptors (Lipinski definition) is 7. The fraction of sp³-hybridized carbons (Fsp3) is 0.357. The van der Waals surface area contributed by atoms with E-state index >= 15 is 0 Å². The summed E-state index contributed by atoms with van der Waals surface area (Å²) in [5.41, 5.74) is 3.15. The summed E-state index contributed by atoms with van der Waals surface area (Å²) in [6, 6.07) is 13.2. The van der Waals surface area contributed by atoms with Gasteiger partial charge >= 0.3 is 11.9 Å². The molecule has 1 atom stereocenters. The first-order valence-electron chi connectivity index (χ1n) is 11.8. The van der Waals surface area contributed by atoms with Crippen LogP contribution in [0.5, 0.6) is 5.75 Å². The minimum absolute atomic E-state index is 0.168. The highest BCUT2D eigenvalue weighted by Crippen LogP contribution is 2.56. The van der Waals surface area contributed by atoms with Crippen molar-refractivity contribution in [3.05, 3.63) is 70.6 Å². The number of hydrogen-bond donors (Lipinski definition) is 0. The monoisotopic (exact) mass is 475 g/mol. The predicted molar refractivity (Wildman–Crippen MR) is 131 cm³/mol. The highest BCUT2D eigenvalue weighted by atomic mass is 16.6. The van der Waals surface area contributed by atoms with Gasteiger partial charge in [0.1, 0.15) is 17.1 Å². The van der Waals surface area contributed by atoms with E-state index in [0.717, 1.165) is 5.69 Å². The lowest BCUT2D eigenvalue weighted by Crippen LogP contribution is -2.58. The van der Waals surface area contributed by atoms with E-state index in [1.807, 2.05) is 68.1 Å². The Morgan fingerprint density at radius 2 is 1.49 bits per heavy atom. The van der Waals surface area contributed by atoms with Crippen LogP contribution in [0.2, 0.25) is 0 Å². The largest absolute Gasteiger partial charge is 0.485 e. The third-order valence-corrected chi connectivity index (χ3v) is 6.35. The molecule has 7 nitrogen and oxygen atoms in total. The van der Waals surface area contributed by atoms with Crippen molar-refractivity contribution in [2.75, 3.05) is 11.5 Å². The number of fused-ring (bicyclic) bond motifs is 2. The first kappa shape index (κ1) is 23.0. The number of para-hydroxylation sites is 2. The van der Waals surface area contributed by atoms with Gasteiger partial charge in [0.05, 0.1) is 23.5 Å². The van der Waals surface area contributed by atoms with Gasteiger partial charge in [0.25, 0.3) is 0 Å². The Kier molecular flexibility index (Phi) is 5.38. The lowest BCUT2D eigenvalue weighted by Gasteiger charge is -2.53. The molecule has 0 amide bonds. The zero-order valence-corrected chi connectivity index (χ0v) is 20.8. The smallest absolute Gasteiger partial charge is 0.342 e. The van der Waals surface area contributed by atoms with Crippen molar-refractivity contribution < 1.29 is 28.5 Å². The molecule has 0 aromatic heterocycles. The topological polar surface area (TPSA) is 74.3 Å². The molecule has 0 fully saturated rings. The second-order valence-corrected chi connectivity index (χ2v) is 9.51. The van der Waals surface area contributed by atoms with E-state index in [-0.39, 0.29) is 18.8 Å². The van der Waals surface area contributed by atoms with Gasteiger partial charge in [-0.1, -0.05) is 30.3 Å². The number of carbonyl (C=O) groups excluding carboxylic acids is 2. The summed E-state index contributed by atoms with van der Waals surface area (Å²) in [5, 5.41) is 0. The van der Waals surface area contributed by atoms with Crippen LogP contribution in [0.4, 0.5) is 5.69 Å². The van der Waals surface area contributed by atoms with Crippen molar-refractivity contribution in [1.82, 2.24) is 0 Å². The molecule has 3 heterocycles. The second kappa shape index (κ2) is 8.18. The lowest BCUT2D eigenvalue weighted by atomic mass is 9.78. The van der Waals surface area contributed by atoms with Crippen molar-refractivity contribution >= 4 is 28.8 Å². The number of nitrogens with zero attached hydrogens (tertiary/aromatic N) is 1. The van der Waals surface area contributed by atoms with Gasteiger partial charge in [-0.2, -0.15) is 0 Å². The van der Waals surface area contributed by atoms with Crippen LogP contribution in [0.25, 0.3) is 11.1 Å². The second-order valence-electron chi connectivity index (χ2n) is 9.51. The SMILES string of the molecule is CC1=C(C(=O)OC(C)C)c2cccc3c2C2(COc4ccccc4N2C(C)=C3C(=O)OC(C)C)O1. The standard InChI is InChI=1S/C28H29NO6/c1-15(2)33-26(30)23-17(5)29-21-12-7-8-13-22(21)32-14-28(29)25-19(23)10-9-11-20(25)24(18(6)35-28)27(31)34-16(3)4/h7-13,15-16H,14H2,1-6H3. The highest BCUT2D eigenvalue weighted by molar-refractivity contribution is 6.22. The van der Waals surface area contributed by atoms with Gasteiger partial charge in [0, 0.05) is 22.4 Å². The average molecular weight is 476 g/mol. The summed E-state index contributed by atoms with van der Waals surface area (Å²) in [6.45, 7) is 11.1. The molecule has 1 unspecified atom stereocenters. The number of esters is 2. The van der Waals surface area contributed by atoms with Crippen LogP contribution in [0, 0.1) is 0 Å². The fourth-order valence-corrected chi connectivity index (χ4v) is 5.21. The molecule has 0 saturated carbocycles. The third kappa shape index (κ3) is 3.40. The van der Waals surface area contributed by atoms with Crippen LogP contribution in [0.1, 0.15) is 58.2 Å². The number of benzene rings is 2. The van der Waals surface area contributed by atoms with Gasteiger partial charge in [0.2, 0.25) is 5.72 Å². The van der Waals surface area contributed by atoms with E-state index in [1.54, 1.807) is 20.8 Å². The van der Waals surface area contributed by atoms with Crippen LogP contribution in [-0.4, -0.2) is 30.8 Å². The zero-order chi connectivity index (χ0) is 25.1. The number of rotatable bonds is 4. The van der Waals surface area contributed by atoms with Crippen LogP contribution in [0.15, 0.2) is 53.9 Å². The molecule has 1 spiro atoms. The molecule has 7 heteroatoms. The van der Waals surface area contributed by atoms with Crippen molar-refractivity contribution in [3.63, 3.8) is 0 Å². The molecule has 0 aliphatic carbocycles. The Labute approximate surface area is 204 Å². The van der Waals surface area contributed by atoms with E-state index in [9.17, 15) is 9.59 Å². The molecule has 3 aliphatic rings. The molecule has 3 aliphatic heterocycles. The van der Waals surface area contributed by atoms with Crippen molar-refractivity contribution in [1.29, 1.82) is 0 Å². The zero-order valence-electron chi connectivity index (χ0n) is 20.8. The van der Waals surface area contributed by atoms with E-state index < -0.39 is 17.7 Å². The van der Waals surface area contributed by atoms with Gasteiger partial charge in [-0.25, -0.2) is 9.59 Å². The quantitative estimate of drug-likeness (QED) is 0.567. The lowest BCUT2D eigenvalue weighted by molar-refractivity contribution is -0.141. The number of ether oxygens (including phenoxy) is 4. The summed E-state index contributed by atoms with van der Waals surface area (Å²) in [5.74, 6) is 0.225. The summed E-state index contributed by atoms with van der Waals surface area (Å²) in [6.07, 6.45) is -0.584. The summed E-state index contributed by atoms with van der Waals surface area (Å²) in [7, 11) is 0. The van der Waals surface area contributed by atoms with Crippen LogP contribution in [-0.2, 0) is 29.5 Å². The van der Waals surface area contributed by atoms with Crippen LogP contribution >= 0.6 is 0 Å². The van der Waals surface area contributed by atoms with Crippen LogP contribution < -0.4 is 9.64 Å². The molecular weight excluding hydrogens is 446 g/mol. The van der Waals surface area contributed by atoms with E-state index in [0.29, 0.717) is 45.0 Å².